The number of cyclic esters (lactones) is 1. The van der Waals surface area contributed by atoms with E-state index in [0.717, 1.165) is 45.3 Å². The number of nitrogens with zero attached hydrogens (tertiary/aromatic N) is 5. The lowest BCUT2D eigenvalue weighted by molar-refractivity contribution is -0.197. The molecule has 0 radical (unpaired) electrons. The first-order valence-corrected chi connectivity index (χ1v) is 19.0. The molecule has 2 saturated carbocycles. The number of carbonyl (C=O) groups is 1. The summed E-state index contributed by atoms with van der Waals surface area (Å²) in [6.07, 6.45) is 12.8. The van der Waals surface area contributed by atoms with Crippen LogP contribution in [0.4, 0.5) is 11.8 Å². The van der Waals surface area contributed by atoms with Gasteiger partial charge in [0.25, 0.3) is 0 Å². The molecule has 3 saturated heterocycles. The van der Waals surface area contributed by atoms with Crippen molar-refractivity contribution in [1.82, 2.24) is 19.9 Å². The van der Waals surface area contributed by atoms with Crippen molar-refractivity contribution in [3.8, 4) is 0 Å². The zero-order chi connectivity index (χ0) is 36.1. The molecule has 2 aliphatic carbocycles. The van der Waals surface area contributed by atoms with Crippen molar-refractivity contribution in [2.45, 2.75) is 82.2 Å². The topological polar surface area (TPSA) is 166 Å². The monoisotopic (exact) mass is 716 g/mol. The Morgan fingerprint density at radius 3 is 2.58 bits per heavy atom. The number of ether oxygens (including phenoxy) is 3. The Morgan fingerprint density at radius 2 is 1.88 bits per heavy atom. The quantitative estimate of drug-likeness (QED) is 0.210. The number of aliphatic hydroxyl groups is 3. The Bertz CT molecular complexity index is 1660. The lowest BCUT2D eigenvalue weighted by atomic mass is 9.43. The average molecular weight is 717 g/mol. The van der Waals surface area contributed by atoms with Crippen LogP contribution in [-0.4, -0.2) is 124 Å². The Balaban J connectivity index is 1.14. The highest BCUT2D eigenvalue weighted by molar-refractivity contribution is 5.95. The molecule has 2 aromatic rings. The molecule has 4 N–H and O–H groups in total. The normalized spacial score (nSPS) is 37.5. The summed E-state index contributed by atoms with van der Waals surface area (Å²) in [6.45, 7) is 8.68. The number of anilines is 2. The summed E-state index contributed by atoms with van der Waals surface area (Å²) in [5.41, 5.74) is -0.198. The van der Waals surface area contributed by atoms with Gasteiger partial charge >= 0.3 is 5.97 Å². The number of esters is 1. The van der Waals surface area contributed by atoms with Crippen LogP contribution in [-0.2, 0) is 19.0 Å². The molecule has 1 spiro atoms. The van der Waals surface area contributed by atoms with Crippen LogP contribution < -0.4 is 10.2 Å². The number of pyridine rings is 1. The Labute approximate surface area is 305 Å². The minimum atomic E-state index is -0.678. The van der Waals surface area contributed by atoms with Gasteiger partial charge in [0.15, 0.2) is 0 Å². The van der Waals surface area contributed by atoms with E-state index in [-0.39, 0.29) is 42.5 Å². The summed E-state index contributed by atoms with van der Waals surface area (Å²) in [5, 5.41) is 35.6. The third-order valence-electron chi connectivity index (χ3n) is 13.4. The third-order valence-corrected chi connectivity index (χ3v) is 13.4. The molecule has 13 heteroatoms. The van der Waals surface area contributed by atoms with Crippen LogP contribution in [0.3, 0.4) is 0 Å². The molecule has 0 amide bonds. The van der Waals surface area contributed by atoms with E-state index in [1.54, 1.807) is 24.7 Å². The second kappa shape index (κ2) is 14.1. The number of morpholine rings is 1. The van der Waals surface area contributed by atoms with Gasteiger partial charge in [0.1, 0.15) is 17.2 Å². The summed E-state index contributed by atoms with van der Waals surface area (Å²) in [6, 6.07) is 5.33. The smallest absolute Gasteiger partial charge is 0.341 e. The lowest BCUT2D eigenvalue weighted by Crippen LogP contribution is -2.68. The largest absolute Gasteiger partial charge is 0.423 e. The van der Waals surface area contributed by atoms with Crippen molar-refractivity contribution in [3.05, 3.63) is 59.8 Å². The maximum absolute atomic E-state index is 13.8. The number of carbonyl (C=O) groups excluding carboxylic acids is 1. The number of aromatic nitrogens is 3. The molecule has 52 heavy (non-hydrogen) atoms. The van der Waals surface area contributed by atoms with E-state index in [2.05, 4.69) is 32.1 Å². The van der Waals surface area contributed by atoms with Gasteiger partial charge in [-0.15, -0.1) is 0 Å². The number of fused-ring (bicyclic) bond motifs is 1. The second-order valence-electron chi connectivity index (χ2n) is 16.1. The Hall–Kier alpha value is -3.46. The number of aliphatic hydroxyl groups excluding tert-OH is 3. The zero-order valence-electron chi connectivity index (χ0n) is 30.2. The first-order chi connectivity index (χ1) is 25.2. The van der Waals surface area contributed by atoms with Gasteiger partial charge < -0.3 is 39.7 Å². The van der Waals surface area contributed by atoms with Crippen molar-refractivity contribution < 1.29 is 34.3 Å². The zero-order valence-corrected chi connectivity index (χ0v) is 30.2. The van der Waals surface area contributed by atoms with Crippen molar-refractivity contribution in [3.63, 3.8) is 0 Å². The van der Waals surface area contributed by atoms with E-state index in [4.69, 9.17) is 14.2 Å². The molecule has 6 aliphatic rings. The lowest BCUT2D eigenvalue weighted by Gasteiger charge is -2.64. The maximum atomic E-state index is 13.8. The maximum Gasteiger partial charge on any atom is 0.341 e. The fourth-order valence-electron chi connectivity index (χ4n) is 10.5. The number of hydrogen-bond donors (Lipinski definition) is 4. The fourth-order valence-corrected chi connectivity index (χ4v) is 10.5. The molecule has 6 heterocycles. The standard InChI is InChI=1S/C39H52N6O7/c1-37-9-8-33(48)38(2,23-47)30(37)19-32(44-12-14-50-15-13-44)39(24-51-39)31(37)18-29(43-34-7-3-4-10-40-34)28-17-27(52-35(28)49)16-25-20-41-36(42-21-25)45-11-5-6-26(45)22-46/h3-4,7,10,16-17,20-21,26,29-33,46-48H,5-6,8-9,11-15,18-19,22-24H2,1-2H3,(H,40,43)/b27-16+/t26?,29?,30?,31?,32?,33-,37+,38+,39?/m1/s1. The summed E-state index contributed by atoms with van der Waals surface area (Å²) in [5.74, 6) is 1.22. The molecule has 4 aliphatic heterocycles. The highest BCUT2D eigenvalue weighted by atomic mass is 16.6. The van der Waals surface area contributed by atoms with E-state index < -0.39 is 29.1 Å². The Kier molecular flexibility index (Phi) is 9.62. The first kappa shape index (κ1) is 35.6. The van der Waals surface area contributed by atoms with Crippen LogP contribution in [0.25, 0.3) is 6.08 Å². The molecular weight excluding hydrogens is 664 g/mol. The van der Waals surface area contributed by atoms with E-state index in [1.807, 2.05) is 36.1 Å². The predicted octanol–water partition coefficient (Wildman–Crippen LogP) is 2.79. The van der Waals surface area contributed by atoms with Crippen LogP contribution in [0.5, 0.6) is 0 Å². The van der Waals surface area contributed by atoms with Gasteiger partial charge in [-0.1, -0.05) is 19.9 Å². The summed E-state index contributed by atoms with van der Waals surface area (Å²) < 4.78 is 18.3. The Morgan fingerprint density at radius 1 is 1.10 bits per heavy atom. The van der Waals surface area contributed by atoms with Gasteiger partial charge in [0, 0.05) is 55.2 Å². The molecular formula is C39H52N6O7. The number of nitrogens with one attached hydrogen (secondary N) is 1. The molecule has 13 nitrogen and oxygen atoms in total. The van der Waals surface area contributed by atoms with Crippen molar-refractivity contribution in [2.75, 3.05) is 62.9 Å². The van der Waals surface area contributed by atoms with Crippen molar-refractivity contribution in [1.29, 1.82) is 0 Å². The highest BCUT2D eigenvalue weighted by Gasteiger charge is 2.71. The number of hydrogen-bond acceptors (Lipinski definition) is 13. The van der Waals surface area contributed by atoms with Crippen molar-refractivity contribution >= 4 is 23.8 Å². The number of epoxide rings is 1. The van der Waals surface area contributed by atoms with E-state index in [0.29, 0.717) is 61.3 Å². The average Bonchev–Trinajstić information content (AvgIpc) is 3.63. The fraction of sp³-hybridized carbons (Fsp3) is 0.641. The van der Waals surface area contributed by atoms with Crippen LogP contribution >= 0.6 is 0 Å². The van der Waals surface area contributed by atoms with Crippen LogP contribution in [0.1, 0.15) is 57.9 Å². The highest BCUT2D eigenvalue weighted by Crippen LogP contribution is 2.67. The van der Waals surface area contributed by atoms with Crippen LogP contribution in [0.15, 0.2) is 54.2 Å². The summed E-state index contributed by atoms with van der Waals surface area (Å²) in [4.78, 5) is 32.0. The number of allylic oxidation sites excluding steroid dienone is 1. The first-order valence-electron chi connectivity index (χ1n) is 19.0. The summed E-state index contributed by atoms with van der Waals surface area (Å²) >= 11 is 0. The predicted molar refractivity (Wildman–Crippen MR) is 193 cm³/mol. The van der Waals surface area contributed by atoms with E-state index >= 15 is 0 Å². The van der Waals surface area contributed by atoms with Crippen LogP contribution in [0, 0.1) is 22.7 Å². The van der Waals surface area contributed by atoms with Gasteiger partial charge in [-0.2, -0.15) is 0 Å². The van der Waals surface area contributed by atoms with Gasteiger partial charge in [-0.3, -0.25) is 4.90 Å². The molecule has 8 rings (SSSR count). The molecule has 2 aromatic heterocycles. The minimum Gasteiger partial charge on any atom is -0.423 e. The van der Waals surface area contributed by atoms with Gasteiger partial charge in [-0.05, 0) is 80.1 Å². The van der Waals surface area contributed by atoms with Crippen molar-refractivity contribution in [2.24, 2.45) is 22.7 Å². The molecule has 0 bridgehead atoms. The van der Waals surface area contributed by atoms with E-state index in [1.165, 1.54) is 0 Å². The van der Waals surface area contributed by atoms with Gasteiger partial charge in [0.05, 0.1) is 56.8 Å². The van der Waals surface area contributed by atoms with Gasteiger partial charge in [-0.25, -0.2) is 19.7 Å². The molecule has 9 atom stereocenters. The van der Waals surface area contributed by atoms with E-state index in [9.17, 15) is 20.1 Å². The molecule has 280 valence electrons. The minimum absolute atomic E-state index is 0.0119. The molecule has 6 unspecified atom stereocenters. The van der Waals surface area contributed by atoms with Gasteiger partial charge in [0.2, 0.25) is 5.95 Å². The molecule has 0 aromatic carbocycles. The molecule has 5 fully saturated rings. The SMILES string of the molecule is C[C@]12CC[C@@H](O)[C@@](C)(CO)C1CC(N1CCOCC1)C1(CO1)C2CC(Nc1ccccn1)C1=C/C(=C\c2cnc(N3CCCC3CO)nc2)OC1=O. The third kappa shape index (κ3) is 6.22. The van der Waals surface area contributed by atoms with Crippen LogP contribution in [0.2, 0.25) is 0 Å². The summed E-state index contributed by atoms with van der Waals surface area (Å²) in [7, 11) is 0. The second-order valence-corrected chi connectivity index (χ2v) is 16.1. The number of rotatable bonds is 10.